The second-order valence-corrected chi connectivity index (χ2v) is 5.64. The van der Waals surface area contributed by atoms with Gasteiger partial charge in [-0.2, -0.15) is 0 Å². The van der Waals surface area contributed by atoms with Crippen LogP contribution < -0.4 is 0 Å². The molecule has 3 heteroatoms. The summed E-state index contributed by atoms with van der Waals surface area (Å²) in [6, 6.07) is 11.1. The monoisotopic (exact) mass is 293 g/mol. The molecule has 0 amide bonds. The van der Waals surface area contributed by atoms with E-state index >= 15 is 0 Å². The molecule has 2 aromatic rings. The van der Waals surface area contributed by atoms with Crippen LogP contribution in [-0.4, -0.2) is 16.1 Å². The molecule has 112 valence electrons. The Kier molecular flexibility index (Phi) is 4.05. The summed E-state index contributed by atoms with van der Waals surface area (Å²) in [5, 5.41) is 0. The first-order chi connectivity index (χ1) is 10.7. The zero-order chi connectivity index (χ0) is 15.5. The van der Waals surface area contributed by atoms with Crippen LogP contribution in [0.2, 0.25) is 0 Å². The lowest BCUT2D eigenvalue weighted by atomic mass is 10.0. The second-order valence-electron chi connectivity index (χ2n) is 5.64. The molecule has 0 N–H and O–H groups in total. The predicted octanol–water partition coefficient (Wildman–Crippen LogP) is 3.83. The van der Waals surface area contributed by atoms with Crippen molar-refractivity contribution in [2.45, 2.75) is 25.7 Å². The van der Waals surface area contributed by atoms with Crippen LogP contribution in [0, 0.1) is 0 Å². The third-order valence-electron chi connectivity index (χ3n) is 4.20. The number of allylic oxidation sites excluding steroid dienone is 1. The number of rotatable bonds is 5. The van der Waals surface area contributed by atoms with Gasteiger partial charge in [0, 0.05) is 31.1 Å². The lowest BCUT2D eigenvalue weighted by Gasteiger charge is -2.09. The molecule has 1 aliphatic carbocycles. The van der Waals surface area contributed by atoms with Gasteiger partial charge in [-0.15, -0.1) is 0 Å². The Bertz CT molecular complexity index is 738. The van der Waals surface area contributed by atoms with Gasteiger partial charge in [-0.25, -0.2) is 0 Å². The minimum absolute atomic E-state index is 0.0211. The van der Waals surface area contributed by atoms with Crippen LogP contribution in [0.4, 0.5) is 0 Å². The molecule has 1 aliphatic rings. The van der Waals surface area contributed by atoms with Gasteiger partial charge in [-0.3, -0.25) is 9.59 Å². The van der Waals surface area contributed by atoms with E-state index in [2.05, 4.69) is 12.2 Å². The molecule has 22 heavy (non-hydrogen) atoms. The van der Waals surface area contributed by atoms with Crippen LogP contribution in [0.5, 0.6) is 0 Å². The molecule has 0 unspecified atom stereocenters. The molecule has 0 atom stereocenters. The Morgan fingerprint density at radius 2 is 1.82 bits per heavy atom. The van der Waals surface area contributed by atoms with Gasteiger partial charge in [0.05, 0.1) is 5.69 Å². The maximum atomic E-state index is 12.4. The topological polar surface area (TPSA) is 39.1 Å². The molecule has 0 spiro atoms. The van der Waals surface area contributed by atoms with E-state index in [9.17, 15) is 9.59 Å². The maximum Gasteiger partial charge on any atom is 0.179 e. The van der Waals surface area contributed by atoms with E-state index in [-0.39, 0.29) is 24.4 Å². The minimum Gasteiger partial charge on any atom is -0.345 e. The SMILES string of the molecule is Cn1c(C(=O)CCC(=O)c2ccccc2)cc2c1CCC=C2. The number of fused-ring (bicyclic) bond motifs is 1. The van der Waals surface area contributed by atoms with Crippen molar-refractivity contribution in [2.24, 2.45) is 7.05 Å². The summed E-state index contributed by atoms with van der Waals surface area (Å²) in [5.41, 5.74) is 3.72. The highest BCUT2D eigenvalue weighted by atomic mass is 16.1. The Morgan fingerprint density at radius 3 is 2.55 bits per heavy atom. The van der Waals surface area contributed by atoms with Crippen LogP contribution in [0.15, 0.2) is 42.5 Å². The van der Waals surface area contributed by atoms with Crippen LogP contribution >= 0.6 is 0 Å². The molecule has 1 heterocycles. The van der Waals surface area contributed by atoms with E-state index in [4.69, 9.17) is 0 Å². The Morgan fingerprint density at radius 1 is 1.09 bits per heavy atom. The van der Waals surface area contributed by atoms with Crippen molar-refractivity contribution in [3.8, 4) is 0 Å². The fourth-order valence-corrected chi connectivity index (χ4v) is 2.94. The molecular weight excluding hydrogens is 274 g/mol. The van der Waals surface area contributed by atoms with Gasteiger partial charge in [0.1, 0.15) is 0 Å². The van der Waals surface area contributed by atoms with Gasteiger partial charge in [-0.1, -0.05) is 42.5 Å². The van der Waals surface area contributed by atoms with Gasteiger partial charge in [0.15, 0.2) is 11.6 Å². The third kappa shape index (κ3) is 2.80. The van der Waals surface area contributed by atoms with E-state index < -0.39 is 0 Å². The summed E-state index contributed by atoms with van der Waals surface area (Å²) in [5.74, 6) is 0.0578. The molecule has 0 radical (unpaired) electrons. The summed E-state index contributed by atoms with van der Waals surface area (Å²) in [7, 11) is 1.93. The van der Waals surface area contributed by atoms with E-state index in [1.807, 2.05) is 35.9 Å². The highest BCUT2D eigenvalue weighted by Gasteiger charge is 2.18. The van der Waals surface area contributed by atoms with Crippen LogP contribution in [-0.2, 0) is 13.5 Å². The number of nitrogens with zero attached hydrogens (tertiary/aromatic N) is 1. The molecule has 0 saturated carbocycles. The average molecular weight is 293 g/mol. The molecule has 0 saturated heterocycles. The average Bonchev–Trinajstić information content (AvgIpc) is 2.90. The first-order valence-electron chi connectivity index (χ1n) is 7.63. The lowest BCUT2D eigenvalue weighted by Crippen LogP contribution is -2.10. The smallest absolute Gasteiger partial charge is 0.179 e. The number of carbonyl (C=O) groups excluding carboxylic acids is 2. The molecule has 3 nitrogen and oxygen atoms in total. The summed E-state index contributed by atoms with van der Waals surface area (Å²) in [6.45, 7) is 0. The van der Waals surface area contributed by atoms with Gasteiger partial charge in [0.25, 0.3) is 0 Å². The van der Waals surface area contributed by atoms with Gasteiger partial charge < -0.3 is 4.57 Å². The summed E-state index contributed by atoms with van der Waals surface area (Å²) in [4.78, 5) is 24.5. The predicted molar refractivity (Wildman–Crippen MR) is 87.1 cm³/mol. The molecular formula is C19H19NO2. The zero-order valence-electron chi connectivity index (χ0n) is 12.7. The van der Waals surface area contributed by atoms with Gasteiger partial charge in [0.2, 0.25) is 0 Å². The zero-order valence-corrected chi connectivity index (χ0v) is 12.7. The first kappa shape index (κ1) is 14.5. The molecule has 0 aliphatic heterocycles. The largest absolute Gasteiger partial charge is 0.345 e. The summed E-state index contributed by atoms with van der Waals surface area (Å²) >= 11 is 0. The van der Waals surface area contributed by atoms with Gasteiger partial charge in [-0.05, 0) is 24.5 Å². The number of aromatic nitrogens is 1. The normalized spacial score (nSPS) is 13.0. The third-order valence-corrected chi connectivity index (χ3v) is 4.20. The van der Waals surface area contributed by atoms with Crippen molar-refractivity contribution in [1.29, 1.82) is 0 Å². The molecule has 0 fully saturated rings. The van der Waals surface area contributed by atoms with Crippen molar-refractivity contribution in [3.63, 3.8) is 0 Å². The number of ketones is 2. The number of benzene rings is 1. The number of hydrogen-bond donors (Lipinski definition) is 0. The molecule has 0 bridgehead atoms. The Labute approximate surface area is 130 Å². The van der Waals surface area contributed by atoms with Crippen LogP contribution in [0.25, 0.3) is 6.08 Å². The number of Topliss-reactive ketones (excluding diaryl/α,β-unsaturated/α-hetero) is 2. The van der Waals surface area contributed by atoms with Crippen molar-refractivity contribution in [3.05, 3.63) is 65.0 Å². The van der Waals surface area contributed by atoms with Crippen molar-refractivity contribution >= 4 is 17.6 Å². The van der Waals surface area contributed by atoms with Crippen LogP contribution in [0.1, 0.15) is 51.4 Å². The Hall–Kier alpha value is -2.42. The fraction of sp³-hybridized carbons (Fsp3) is 0.263. The van der Waals surface area contributed by atoms with E-state index in [0.29, 0.717) is 11.3 Å². The van der Waals surface area contributed by atoms with E-state index in [1.54, 1.807) is 12.1 Å². The van der Waals surface area contributed by atoms with Crippen molar-refractivity contribution in [1.82, 2.24) is 4.57 Å². The molecule has 3 rings (SSSR count). The first-order valence-corrected chi connectivity index (χ1v) is 7.63. The fourth-order valence-electron chi connectivity index (χ4n) is 2.94. The molecule has 1 aromatic carbocycles. The summed E-state index contributed by atoms with van der Waals surface area (Å²) in [6.07, 6.45) is 6.71. The standard InChI is InChI=1S/C19H19NO2/c1-20-16-10-6-5-9-15(16)13-17(20)19(22)12-11-18(21)14-7-3-2-4-8-14/h2-5,7-9,13H,6,10-12H2,1H3. The highest BCUT2D eigenvalue weighted by Crippen LogP contribution is 2.23. The Balaban J connectivity index is 1.69. The minimum atomic E-state index is 0.0211. The molecule has 1 aromatic heterocycles. The number of carbonyl (C=O) groups is 2. The number of hydrogen-bond acceptors (Lipinski definition) is 2. The lowest BCUT2D eigenvalue weighted by molar-refractivity contribution is 0.0913. The summed E-state index contributed by atoms with van der Waals surface area (Å²) < 4.78 is 1.98. The maximum absolute atomic E-state index is 12.4. The van der Waals surface area contributed by atoms with Crippen molar-refractivity contribution < 1.29 is 9.59 Å². The quantitative estimate of drug-likeness (QED) is 0.786. The van der Waals surface area contributed by atoms with Crippen molar-refractivity contribution in [2.75, 3.05) is 0 Å². The second kappa shape index (κ2) is 6.14. The van der Waals surface area contributed by atoms with E-state index in [1.165, 1.54) is 5.69 Å². The highest BCUT2D eigenvalue weighted by molar-refractivity contribution is 6.01. The van der Waals surface area contributed by atoms with Gasteiger partial charge >= 0.3 is 0 Å². The van der Waals surface area contributed by atoms with Crippen LogP contribution in [0.3, 0.4) is 0 Å². The van der Waals surface area contributed by atoms with E-state index in [0.717, 1.165) is 18.4 Å².